The number of thiazole rings is 1. The van der Waals surface area contributed by atoms with Gasteiger partial charge in [0.1, 0.15) is 4.88 Å². The molecule has 138 valence electrons. The van der Waals surface area contributed by atoms with E-state index in [1.165, 1.54) is 11.3 Å². The van der Waals surface area contributed by atoms with Crippen LogP contribution in [0, 0.1) is 12.8 Å². The summed E-state index contributed by atoms with van der Waals surface area (Å²) in [6, 6.07) is 7.06. The third-order valence-corrected chi connectivity index (χ3v) is 5.69. The summed E-state index contributed by atoms with van der Waals surface area (Å²) in [6.45, 7) is 6.08. The Hall–Kier alpha value is -2.41. The first-order valence-electron chi connectivity index (χ1n) is 8.80. The minimum absolute atomic E-state index is 0.0472. The number of carboxylic acids is 1. The molecule has 2 aromatic rings. The average molecular weight is 373 g/mol. The lowest BCUT2D eigenvalue weighted by Gasteiger charge is -2.16. The number of nitrogens with one attached hydrogen (secondary N) is 1. The fourth-order valence-corrected chi connectivity index (χ4v) is 4.32. The molecule has 1 atom stereocenters. The average Bonchev–Trinajstić information content (AvgIpc) is 3.21. The molecule has 1 aromatic heterocycles. The summed E-state index contributed by atoms with van der Waals surface area (Å²) in [4.78, 5) is 30.9. The molecule has 2 N–H and O–H groups in total. The molecule has 3 rings (SSSR count). The molecular formula is C19H23N3O3S. The summed E-state index contributed by atoms with van der Waals surface area (Å²) in [7, 11) is 0. The van der Waals surface area contributed by atoms with E-state index in [-0.39, 0.29) is 5.91 Å². The van der Waals surface area contributed by atoms with E-state index in [2.05, 4.69) is 10.3 Å². The number of rotatable bonds is 6. The van der Waals surface area contributed by atoms with E-state index >= 15 is 0 Å². The Balaban J connectivity index is 1.64. The first kappa shape index (κ1) is 18.4. The van der Waals surface area contributed by atoms with Gasteiger partial charge in [-0.1, -0.05) is 23.5 Å². The van der Waals surface area contributed by atoms with Crippen molar-refractivity contribution in [3.05, 3.63) is 46.0 Å². The molecule has 7 heteroatoms. The van der Waals surface area contributed by atoms with E-state index in [0.29, 0.717) is 22.9 Å². The van der Waals surface area contributed by atoms with Crippen LogP contribution in [0.2, 0.25) is 0 Å². The van der Waals surface area contributed by atoms with Crippen LogP contribution in [-0.4, -0.2) is 46.5 Å². The molecule has 1 aromatic carbocycles. The maximum atomic E-state index is 12.8. The van der Waals surface area contributed by atoms with Crippen molar-refractivity contribution >= 4 is 28.3 Å². The van der Waals surface area contributed by atoms with Crippen molar-refractivity contribution in [2.45, 2.75) is 26.7 Å². The van der Waals surface area contributed by atoms with Crippen molar-refractivity contribution in [3.63, 3.8) is 0 Å². The monoisotopic (exact) mass is 373 g/mol. The quantitative estimate of drug-likeness (QED) is 0.812. The predicted molar refractivity (Wildman–Crippen MR) is 102 cm³/mol. The second-order valence-corrected chi connectivity index (χ2v) is 7.58. The van der Waals surface area contributed by atoms with Crippen molar-refractivity contribution in [2.24, 2.45) is 5.92 Å². The number of likely N-dealkylation sites (tertiary alicyclic amines) is 1. The van der Waals surface area contributed by atoms with Crippen LogP contribution in [-0.2, 0) is 6.42 Å². The molecule has 1 fully saturated rings. The van der Waals surface area contributed by atoms with E-state index in [4.69, 9.17) is 5.11 Å². The summed E-state index contributed by atoms with van der Waals surface area (Å²) in [5.41, 5.74) is 2.09. The first-order valence-corrected chi connectivity index (χ1v) is 9.62. The molecule has 0 radical (unpaired) electrons. The summed E-state index contributed by atoms with van der Waals surface area (Å²) >= 11 is 1.41. The molecule has 0 bridgehead atoms. The fourth-order valence-electron chi connectivity index (χ4n) is 3.31. The summed E-state index contributed by atoms with van der Waals surface area (Å²) in [5.74, 6) is -0.511. The summed E-state index contributed by atoms with van der Waals surface area (Å²) in [5, 5.41) is 13.1. The lowest BCUT2D eigenvalue weighted by molar-refractivity contribution is 0.0696. The molecule has 0 unspecified atom stereocenters. The summed E-state index contributed by atoms with van der Waals surface area (Å²) in [6.07, 6.45) is 1.72. The Morgan fingerprint density at radius 2 is 2.23 bits per heavy atom. The number of hydrogen-bond donors (Lipinski definition) is 2. The first-order chi connectivity index (χ1) is 12.5. The maximum Gasteiger partial charge on any atom is 0.335 e. The van der Waals surface area contributed by atoms with Crippen LogP contribution in [0.25, 0.3) is 0 Å². The molecule has 1 saturated heterocycles. The van der Waals surface area contributed by atoms with Crippen molar-refractivity contribution in [2.75, 3.05) is 25.0 Å². The van der Waals surface area contributed by atoms with Gasteiger partial charge in [-0.15, -0.1) is 0 Å². The molecule has 26 heavy (non-hydrogen) atoms. The number of carboxylic acid groups (broad SMARTS) is 1. The zero-order chi connectivity index (χ0) is 18.7. The normalized spacial score (nSPS) is 16.7. The SMILES string of the molecule is CCNc1nc(C)c(C(=O)N2CC[C@@H](Cc3cccc(C(=O)O)c3)C2)s1. The number of carbonyl (C=O) groups is 2. The maximum absolute atomic E-state index is 12.8. The van der Waals surface area contributed by atoms with Crippen LogP contribution >= 0.6 is 11.3 Å². The molecule has 0 spiro atoms. The van der Waals surface area contributed by atoms with E-state index in [1.807, 2.05) is 24.8 Å². The third kappa shape index (κ3) is 4.04. The van der Waals surface area contributed by atoms with E-state index < -0.39 is 5.97 Å². The zero-order valence-corrected chi connectivity index (χ0v) is 15.8. The minimum atomic E-state index is -0.910. The third-order valence-electron chi connectivity index (χ3n) is 4.59. The molecule has 0 aliphatic carbocycles. The highest BCUT2D eigenvalue weighted by Gasteiger charge is 2.29. The molecule has 1 amide bonds. The Bertz CT molecular complexity index is 818. The van der Waals surface area contributed by atoms with Gasteiger partial charge in [0.05, 0.1) is 11.3 Å². The van der Waals surface area contributed by atoms with Crippen molar-refractivity contribution in [1.82, 2.24) is 9.88 Å². The fraction of sp³-hybridized carbons (Fsp3) is 0.421. The van der Waals surface area contributed by atoms with Gasteiger partial charge >= 0.3 is 5.97 Å². The Morgan fingerprint density at radius 1 is 1.42 bits per heavy atom. The van der Waals surface area contributed by atoms with Crippen LogP contribution in [0.15, 0.2) is 24.3 Å². The topological polar surface area (TPSA) is 82.5 Å². The van der Waals surface area contributed by atoms with Gasteiger partial charge in [-0.2, -0.15) is 0 Å². The number of nitrogens with zero attached hydrogens (tertiary/aromatic N) is 2. The van der Waals surface area contributed by atoms with Gasteiger partial charge in [-0.3, -0.25) is 4.79 Å². The number of benzene rings is 1. The van der Waals surface area contributed by atoms with Gasteiger partial charge in [0, 0.05) is 19.6 Å². The number of anilines is 1. The standard InChI is InChI=1S/C19H23N3O3S/c1-3-20-19-21-12(2)16(26-19)17(23)22-8-7-14(11-22)9-13-5-4-6-15(10-13)18(24)25/h4-6,10,14H,3,7-9,11H2,1-2H3,(H,20,21)(H,24,25)/t14-/m0/s1. The lowest BCUT2D eigenvalue weighted by atomic mass is 9.97. The molecule has 0 saturated carbocycles. The van der Waals surface area contributed by atoms with Crippen LogP contribution < -0.4 is 5.32 Å². The van der Waals surface area contributed by atoms with Gasteiger partial charge < -0.3 is 15.3 Å². The van der Waals surface area contributed by atoms with Crippen molar-refractivity contribution < 1.29 is 14.7 Å². The molecule has 1 aliphatic rings. The zero-order valence-electron chi connectivity index (χ0n) is 15.0. The highest BCUT2D eigenvalue weighted by Crippen LogP contribution is 2.28. The molecule has 2 heterocycles. The van der Waals surface area contributed by atoms with Crippen molar-refractivity contribution in [1.29, 1.82) is 0 Å². The predicted octanol–water partition coefficient (Wildman–Crippen LogP) is 3.29. The van der Waals surface area contributed by atoms with Crippen LogP contribution in [0.4, 0.5) is 5.13 Å². The van der Waals surface area contributed by atoms with Gasteiger partial charge in [0.25, 0.3) is 5.91 Å². The van der Waals surface area contributed by atoms with Gasteiger partial charge in [0.15, 0.2) is 5.13 Å². The number of hydrogen-bond acceptors (Lipinski definition) is 5. The highest BCUT2D eigenvalue weighted by atomic mass is 32.1. The van der Waals surface area contributed by atoms with E-state index in [0.717, 1.165) is 42.3 Å². The van der Waals surface area contributed by atoms with Crippen LogP contribution in [0.5, 0.6) is 0 Å². The molecule has 1 aliphatic heterocycles. The molecule has 6 nitrogen and oxygen atoms in total. The lowest BCUT2D eigenvalue weighted by Crippen LogP contribution is -2.28. The van der Waals surface area contributed by atoms with E-state index in [1.54, 1.807) is 18.2 Å². The van der Waals surface area contributed by atoms with Crippen LogP contribution in [0.1, 0.15) is 44.6 Å². The second kappa shape index (κ2) is 7.86. The van der Waals surface area contributed by atoms with Crippen LogP contribution in [0.3, 0.4) is 0 Å². The largest absolute Gasteiger partial charge is 0.478 e. The summed E-state index contributed by atoms with van der Waals surface area (Å²) < 4.78 is 0. The van der Waals surface area contributed by atoms with E-state index in [9.17, 15) is 9.59 Å². The van der Waals surface area contributed by atoms with Gasteiger partial charge in [-0.05, 0) is 50.3 Å². The van der Waals surface area contributed by atoms with Gasteiger partial charge in [0.2, 0.25) is 0 Å². The Kier molecular flexibility index (Phi) is 5.56. The number of amides is 1. The number of carbonyl (C=O) groups excluding carboxylic acids is 1. The van der Waals surface area contributed by atoms with Crippen molar-refractivity contribution in [3.8, 4) is 0 Å². The number of aromatic carboxylic acids is 1. The van der Waals surface area contributed by atoms with Gasteiger partial charge in [-0.25, -0.2) is 9.78 Å². The Morgan fingerprint density at radius 3 is 2.96 bits per heavy atom. The smallest absolute Gasteiger partial charge is 0.335 e. The highest BCUT2D eigenvalue weighted by molar-refractivity contribution is 7.17. The Labute approximate surface area is 156 Å². The number of aromatic nitrogens is 1. The minimum Gasteiger partial charge on any atom is -0.478 e. The number of aryl methyl sites for hydroxylation is 1. The molecular weight excluding hydrogens is 350 g/mol. The second-order valence-electron chi connectivity index (χ2n) is 6.58.